The van der Waals surface area contributed by atoms with Crippen LogP contribution in [0.3, 0.4) is 0 Å². The van der Waals surface area contributed by atoms with Gasteiger partial charge in [-0.1, -0.05) is 27.7 Å². The van der Waals surface area contributed by atoms with Crippen molar-refractivity contribution in [2.24, 2.45) is 17.3 Å². The van der Waals surface area contributed by atoms with Gasteiger partial charge in [0.05, 0.1) is 0 Å². The first kappa shape index (κ1) is 20.6. The van der Waals surface area contributed by atoms with Gasteiger partial charge in [0, 0.05) is 57.3 Å². The van der Waals surface area contributed by atoms with Crippen LogP contribution in [0.1, 0.15) is 66.2 Å². The third-order valence-electron chi connectivity index (χ3n) is 7.81. The van der Waals surface area contributed by atoms with E-state index in [2.05, 4.69) is 23.6 Å². The summed E-state index contributed by atoms with van der Waals surface area (Å²) in [4.78, 5) is 19.3. The van der Waals surface area contributed by atoms with Crippen molar-refractivity contribution in [3.8, 4) is 0 Å². The lowest BCUT2D eigenvalue weighted by Crippen LogP contribution is -2.62. The smallest absolute Gasteiger partial charge is 0.225 e. The van der Waals surface area contributed by atoms with Crippen LogP contribution in [0.5, 0.6) is 0 Å². The summed E-state index contributed by atoms with van der Waals surface area (Å²) in [6.45, 7) is 14.1. The Morgan fingerprint density at radius 2 is 1.61 bits per heavy atom. The lowest BCUT2D eigenvalue weighted by atomic mass is 9.55. The zero-order valence-corrected chi connectivity index (χ0v) is 18.4. The standard InChI is InChI=1S/C23H40FN3O/c1-17(2)11-27-19-5-6-20(27)13-25(12-19)16-23(24)14-22(15-23)7-9-26(10-8-22)21(28)18(3)4/h17-20H,5-16H2,1-4H3. The fourth-order valence-corrected chi connectivity index (χ4v) is 6.65. The number of rotatable bonds is 5. The first-order valence-electron chi connectivity index (χ1n) is 11.6. The molecule has 4 nitrogen and oxygen atoms in total. The molecule has 3 aliphatic heterocycles. The number of carbonyl (C=O) groups excluding carboxylic acids is 1. The molecule has 5 heteroatoms. The largest absolute Gasteiger partial charge is 0.342 e. The van der Waals surface area contributed by atoms with Gasteiger partial charge in [-0.25, -0.2) is 4.39 Å². The summed E-state index contributed by atoms with van der Waals surface area (Å²) in [5.74, 6) is 1.04. The molecule has 160 valence electrons. The molecule has 0 aromatic carbocycles. The molecule has 4 aliphatic rings. The Balaban J connectivity index is 1.26. The van der Waals surface area contributed by atoms with Gasteiger partial charge in [0.15, 0.2) is 0 Å². The van der Waals surface area contributed by atoms with Crippen molar-refractivity contribution < 1.29 is 9.18 Å². The summed E-state index contributed by atoms with van der Waals surface area (Å²) in [7, 11) is 0. The zero-order valence-electron chi connectivity index (χ0n) is 18.4. The Morgan fingerprint density at radius 1 is 1.04 bits per heavy atom. The Labute approximate surface area is 170 Å². The highest BCUT2D eigenvalue weighted by Gasteiger charge is 2.57. The first-order chi connectivity index (χ1) is 13.2. The van der Waals surface area contributed by atoms with Crippen LogP contribution in [0.25, 0.3) is 0 Å². The monoisotopic (exact) mass is 393 g/mol. The average Bonchev–Trinajstić information content (AvgIpc) is 2.83. The fourth-order valence-electron chi connectivity index (χ4n) is 6.65. The number of hydrogen-bond donors (Lipinski definition) is 0. The number of piperidine rings is 1. The SMILES string of the molecule is CC(C)CN1C2CCC1CN(CC1(F)CC3(CCN(C(=O)C(C)C)CC3)C1)C2. The highest BCUT2D eigenvalue weighted by molar-refractivity contribution is 5.78. The van der Waals surface area contributed by atoms with Crippen molar-refractivity contribution in [1.82, 2.24) is 14.7 Å². The third-order valence-corrected chi connectivity index (χ3v) is 7.81. The van der Waals surface area contributed by atoms with Gasteiger partial charge in [-0.2, -0.15) is 0 Å². The number of hydrogen-bond acceptors (Lipinski definition) is 3. The van der Waals surface area contributed by atoms with E-state index in [4.69, 9.17) is 0 Å². The molecule has 2 unspecified atom stereocenters. The highest BCUT2D eigenvalue weighted by Crippen LogP contribution is 2.57. The van der Waals surface area contributed by atoms with E-state index in [1.807, 2.05) is 18.7 Å². The minimum absolute atomic E-state index is 0.0699. The van der Waals surface area contributed by atoms with Crippen LogP contribution in [0.4, 0.5) is 4.39 Å². The van der Waals surface area contributed by atoms with Gasteiger partial charge in [-0.05, 0) is 49.9 Å². The summed E-state index contributed by atoms with van der Waals surface area (Å²) in [6.07, 6.45) is 5.99. The Hall–Kier alpha value is -0.680. The molecule has 0 aromatic rings. The molecule has 1 saturated carbocycles. The van der Waals surface area contributed by atoms with Crippen molar-refractivity contribution in [1.29, 1.82) is 0 Å². The quantitative estimate of drug-likeness (QED) is 0.715. The second-order valence-corrected chi connectivity index (χ2v) is 11.2. The van der Waals surface area contributed by atoms with Gasteiger partial charge in [0.1, 0.15) is 5.67 Å². The fraction of sp³-hybridized carbons (Fsp3) is 0.957. The number of alkyl halides is 1. The van der Waals surface area contributed by atoms with E-state index in [9.17, 15) is 4.79 Å². The number of halogens is 1. The van der Waals surface area contributed by atoms with Gasteiger partial charge < -0.3 is 4.90 Å². The molecule has 1 spiro atoms. The summed E-state index contributed by atoms with van der Waals surface area (Å²) in [5, 5.41) is 0. The molecule has 28 heavy (non-hydrogen) atoms. The van der Waals surface area contributed by atoms with Crippen molar-refractivity contribution in [3.63, 3.8) is 0 Å². The van der Waals surface area contributed by atoms with E-state index in [-0.39, 0.29) is 17.2 Å². The van der Waals surface area contributed by atoms with E-state index in [0.29, 0.717) is 37.4 Å². The molecule has 1 amide bonds. The first-order valence-corrected chi connectivity index (χ1v) is 11.6. The lowest BCUT2D eigenvalue weighted by Gasteiger charge is -2.57. The summed E-state index contributed by atoms with van der Waals surface area (Å²) >= 11 is 0. The molecule has 2 atom stereocenters. The van der Waals surface area contributed by atoms with Crippen LogP contribution in [0.15, 0.2) is 0 Å². The molecule has 0 N–H and O–H groups in total. The maximum Gasteiger partial charge on any atom is 0.225 e. The molecule has 0 radical (unpaired) electrons. The summed E-state index contributed by atoms with van der Waals surface area (Å²) in [6, 6.07) is 1.29. The third kappa shape index (κ3) is 3.98. The molecular formula is C23H40FN3O. The van der Waals surface area contributed by atoms with E-state index in [1.165, 1.54) is 19.4 Å². The lowest BCUT2D eigenvalue weighted by molar-refractivity contribution is -0.145. The van der Waals surface area contributed by atoms with Crippen LogP contribution >= 0.6 is 0 Å². The maximum atomic E-state index is 15.6. The number of carbonyl (C=O) groups is 1. The van der Waals surface area contributed by atoms with E-state index in [1.54, 1.807) is 0 Å². The van der Waals surface area contributed by atoms with Gasteiger partial charge >= 0.3 is 0 Å². The van der Waals surface area contributed by atoms with Crippen LogP contribution in [-0.2, 0) is 4.79 Å². The molecule has 1 aliphatic carbocycles. The molecule has 3 saturated heterocycles. The minimum atomic E-state index is -0.996. The van der Waals surface area contributed by atoms with Crippen LogP contribution in [0, 0.1) is 17.3 Å². The van der Waals surface area contributed by atoms with Crippen LogP contribution in [-0.4, -0.2) is 77.6 Å². The van der Waals surface area contributed by atoms with Crippen molar-refractivity contribution in [2.75, 3.05) is 39.3 Å². The van der Waals surface area contributed by atoms with E-state index < -0.39 is 5.67 Å². The van der Waals surface area contributed by atoms with Crippen molar-refractivity contribution in [2.45, 2.75) is 84.0 Å². The Bertz CT molecular complexity index is 562. The Morgan fingerprint density at radius 3 is 2.11 bits per heavy atom. The zero-order chi connectivity index (χ0) is 20.1. The Kier molecular flexibility index (Phi) is 5.54. The van der Waals surface area contributed by atoms with Crippen LogP contribution < -0.4 is 0 Å². The molecule has 3 heterocycles. The number of likely N-dealkylation sites (tertiary alicyclic amines) is 2. The number of nitrogens with zero attached hydrogens (tertiary/aromatic N) is 3. The molecule has 0 aromatic heterocycles. The number of piperazine rings is 1. The van der Waals surface area contributed by atoms with Crippen molar-refractivity contribution >= 4 is 5.91 Å². The topological polar surface area (TPSA) is 26.8 Å². The maximum absolute atomic E-state index is 15.6. The minimum Gasteiger partial charge on any atom is -0.342 e. The predicted molar refractivity (Wildman–Crippen MR) is 111 cm³/mol. The normalized spacial score (nSPS) is 32.3. The highest BCUT2D eigenvalue weighted by atomic mass is 19.1. The predicted octanol–water partition coefficient (Wildman–Crippen LogP) is 3.56. The van der Waals surface area contributed by atoms with Gasteiger partial charge in [0.25, 0.3) is 0 Å². The van der Waals surface area contributed by atoms with Gasteiger partial charge in [0.2, 0.25) is 5.91 Å². The molecule has 4 rings (SSSR count). The molecule has 2 bridgehead atoms. The van der Waals surface area contributed by atoms with Crippen molar-refractivity contribution in [3.05, 3.63) is 0 Å². The van der Waals surface area contributed by atoms with Crippen LogP contribution in [0.2, 0.25) is 0 Å². The van der Waals surface area contributed by atoms with E-state index in [0.717, 1.165) is 39.0 Å². The molecular weight excluding hydrogens is 353 g/mol. The van der Waals surface area contributed by atoms with Gasteiger partial charge in [-0.15, -0.1) is 0 Å². The average molecular weight is 394 g/mol. The number of amides is 1. The second kappa shape index (κ2) is 7.54. The van der Waals surface area contributed by atoms with Gasteiger partial charge in [-0.3, -0.25) is 14.6 Å². The summed E-state index contributed by atoms with van der Waals surface area (Å²) in [5.41, 5.74) is -0.829. The summed E-state index contributed by atoms with van der Waals surface area (Å²) < 4.78 is 15.6. The number of fused-ring (bicyclic) bond motifs is 2. The van der Waals surface area contributed by atoms with E-state index >= 15 is 4.39 Å². The molecule has 4 fully saturated rings. The second-order valence-electron chi connectivity index (χ2n) is 11.2.